The Morgan fingerprint density at radius 2 is 1.89 bits per heavy atom. The molecule has 0 heterocycles. The van der Waals surface area contributed by atoms with Crippen LogP contribution in [0.15, 0.2) is 23.1 Å². The average molecular weight is 285 g/mol. The zero-order valence-electron chi connectivity index (χ0n) is 12.0. The summed E-state index contributed by atoms with van der Waals surface area (Å²) in [6.45, 7) is 7.54. The van der Waals surface area contributed by atoms with Crippen molar-refractivity contribution in [1.29, 1.82) is 0 Å². The Balaban J connectivity index is 3.01. The van der Waals surface area contributed by atoms with Crippen molar-refractivity contribution in [1.82, 2.24) is 4.72 Å². The first-order valence-electron chi connectivity index (χ1n) is 6.49. The van der Waals surface area contributed by atoms with Gasteiger partial charge < -0.3 is 5.11 Å². The Labute approximate surface area is 115 Å². The van der Waals surface area contributed by atoms with Crippen LogP contribution in [0.5, 0.6) is 0 Å². The van der Waals surface area contributed by atoms with E-state index in [4.69, 9.17) is 0 Å². The van der Waals surface area contributed by atoms with Crippen LogP contribution >= 0.6 is 0 Å². The van der Waals surface area contributed by atoms with Gasteiger partial charge in [-0.05, 0) is 43.4 Å². The van der Waals surface area contributed by atoms with Crippen LogP contribution in [0.25, 0.3) is 0 Å². The molecule has 0 radical (unpaired) electrons. The third-order valence-corrected chi connectivity index (χ3v) is 4.77. The second kappa shape index (κ2) is 6.50. The minimum atomic E-state index is -3.53. The van der Waals surface area contributed by atoms with Crippen molar-refractivity contribution in [2.75, 3.05) is 0 Å². The molecule has 0 aliphatic rings. The topological polar surface area (TPSA) is 66.4 Å². The van der Waals surface area contributed by atoms with Crippen LogP contribution in [-0.4, -0.2) is 19.6 Å². The summed E-state index contributed by atoms with van der Waals surface area (Å²) in [5, 5.41) is 9.19. The fourth-order valence-corrected chi connectivity index (χ4v) is 3.75. The van der Waals surface area contributed by atoms with Crippen LogP contribution in [0.4, 0.5) is 0 Å². The van der Waals surface area contributed by atoms with Crippen molar-refractivity contribution in [3.8, 4) is 0 Å². The highest BCUT2D eigenvalue weighted by Crippen LogP contribution is 2.19. The maximum Gasteiger partial charge on any atom is 0.241 e. The van der Waals surface area contributed by atoms with E-state index in [9.17, 15) is 13.5 Å². The molecule has 0 aliphatic carbocycles. The maximum atomic E-state index is 12.3. The van der Waals surface area contributed by atoms with E-state index < -0.39 is 10.0 Å². The van der Waals surface area contributed by atoms with Crippen molar-refractivity contribution in [3.63, 3.8) is 0 Å². The molecule has 0 aliphatic heterocycles. The van der Waals surface area contributed by atoms with Crippen molar-refractivity contribution in [2.45, 2.75) is 51.7 Å². The van der Waals surface area contributed by atoms with Crippen molar-refractivity contribution < 1.29 is 13.5 Å². The molecule has 4 nitrogen and oxygen atoms in total. The largest absolute Gasteiger partial charge is 0.392 e. The molecule has 19 heavy (non-hydrogen) atoms. The van der Waals surface area contributed by atoms with Gasteiger partial charge in [0.05, 0.1) is 11.5 Å². The maximum absolute atomic E-state index is 12.3. The normalized spacial score (nSPS) is 13.8. The van der Waals surface area contributed by atoms with E-state index in [1.165, 1.54) is 0 Å². The summed E-state index contributed by atoms with van der Waals surface area (Å²) in [6, 6.07) is 4.84. The smallest absolute Gasteiger partial charge is 0.241 e. The van der Waals surface area contributed by atoms with E-state index in [-0.39, 0.29) is 17.5 Å². The van der Waals surface area contributed by atoms with Crippen LogP contribution in [-0.2, 0) is 16.6 Å². The molecule has 108 valence electrons. The molecule has 1 aromatic carbocycles. The highest BCUT2D eigenvalue weighted by atomic mass is 32.2. The van der Waals surface area contributed by atoms with Gasteiger partial charge in [0.2, 0.25) is 10.0 Å². The second-order valence-electron chi connectivity index (χ2n) is 5.35. The second-order valence-corrected chi connectivity index (χ2v) is 7.03. The van der Waals surface area contributed by atoms with Crippen LogP contribution < -0.4 is 4.72 Å². The summed E-state index contributed by atoms with van der Waals surface area (Å²) >= 11 is 0. The molecule has 0 spiro atoms. The van der Waals surface area contributed by atoms with E-state index in [1.54, 1.807) is 25.1 Å². The zero-order chi connectivity index (χ0) is 14.6. The number of hydrogen-bond donors (Lipinski definition) is 2. The van der Waals surface area contributed by atoms with E-state index in [0.717, 1.165) is 6.42 Å². The van der Waals surface area contributed by atoms with E-state index in [2.05, 4.69) is 18.6 Å². The molecule has 0 amide bonds. The monoisotopic (exact) mass is 285 g/mol. The Morgan fingerprint density at radius 3 is 2.42 bits per heavy atom. The fourth-order valence-electron chi connectivity index (χ4n) is 2.21. The third-order valence-electron chi connectivity index (χ3n) is 3.04. The molecule has 0 bridgehead atoms. The molecule has 0 aromatic heterocycles. The minimum Gasteiger partial charge on any atom is -0.392 e. The van der Waals surface area contributed by atoms with Crippen LogP contribution in [0, 0.1) is 12.8 Å². The molecule has 1 atom stereocenters. The summed E-state index contributed by atoms with van der Waals surface area (Å²) in [4.78, 5) is 0.245. The van der Waals surface area contributed by atoms with Gasteiger partial charge in [-0.3, -0.25) is 0 Å². The summed E-state index contributed by atoms with van der Waals surface area (Å²) in [5.41, 5.74) is 1.24. The summed E-state index contributed by atoms with van der Waals surface area (Å²) in [5.74, 6) is 0.433. The van der Waals surface area contributed by atoms with Gasteiger partial charge in [-0.25, -0.2) is 13.1 Å². The van der Waals surface area contributed by atoms with Gasteiger partial charge in [0.25, 0.3) is 0 Å². The fraction of sp³-hybridized carbons (Fsp3) is 0.571. The number of aliphatic hydroxyl groups is 1. The molecule has 1 aromatic rings. The van der Waals surface area contributed by atoms with Gasteiger partial charge in [0.15, 0.2) is 0 Å². The first kappa shape index (κ1) is 16.1. The van der Waals surface area contributed by atoms with Crippen LogP contribution in [0.3, 0.4) is 0 Å². The van der Waals surface area contributed by atoms with Gasteiger partial charge >= 0.3 is 0 Å². The number of rotatable bonds is 6. The van der Waals surface area contributed by atoms with Crippen LogP contribution in [0.1, 0.15) is 38.3 Å². The number of benzene rings is 1. The van der Waals surface area contributed by atoms with Gasteiger partial charge in [0.1, 0.15) is 0 Å². The molecule has 0 fully saturated rings. The number of sulfonamides is 1. The lowest BCUT2D eigenvalue weighted by Gasteiger charge is -2.17. The minimum absolute atomic E-state index is 0.109. The zero-order valence-corrected chi connectivity index (χ0v) is 12.8. The number of hydrogen-bond acceptors (Lipinski definition) is 3. The van der Waals surface area contributed by atoms with E-state index in [1.807, 2.05) is 6.92 Å². The SMILES string of the molecule is Cc1c(CO)cccc1S(=O)(=O)NC(C)CC(C)C. The predicted octanol–water partition coefficient (Wildman–Crippen LogP) is 2.20. The first-order valence-corrected chi connectivity index (χ1v) is 7.98. The molecule has 1 unspecified atom stereocenters. The quantitative estimate of drug-likeness (QED) is 0.842. The standard InChI is InChI=1S/C14H23NO3S/c1-10(2)8-11(3)15-19(17,18)14-7-5-6-13(9-16)12(14)4/h5-7,10-11,15-16H,8-9H2,1-4H3. The highest BCUT2D eigenvalue weighted by molar-refractivity contribution is 7.89. The lowest BCUT2D eigenvalue weighted by Crippen LogP contribution is -2.34. The summed E-state index contributed by atoms with van der Waals surface area (Å²) < 4.78 is 27.3. The van der Waals surface area contributed by atoms with Crippen molar-refractivity contribution >= 4 is 10.0 Å². The van der Waals surface area contributed by atoms with Gasteiger partial charge in [-0.2, -0.15) is 0 Å². The highest BCUT2D eigenvalue weighted by Gasteiger charge is 2.20. The summed E-state index contributed by atoms with van der Waals surface area (Å²) in [7, 11) is -3.53. The van der Waals surface area contributed by atoms with Crippen LogP contribution in [0.2, 0.25) is 0 Å². The lowest BCUT2D eigenvalue weighted by molar-refractivity contribution is 0.280. The van der Waals surface area contributed by atoms with Crippen molar-refractivity contribution in [2.24, 2.45) is 5.92 Å². The van der Waals surface area contributed by atoms with E-state index in [0.29, 0.717) is 17.0 Å². The molecule has 2 N–H and O–H groups in total. The van der Waals surface area contributed by atoms with Crippen molar-refractivity contribution in [3.05, 3.63) is 29.3 Å². The Kier molecular flexibility index (Phi) is 5.52. The van der Waals surface area contributed by atoms with Gasteiger partial charge in [0, 0.05) is 6.04 Å². The molecule has 0 saturated carbocycles. The molecule has 0 saturated heterocycles. The molecular weight excluding hydrogens is 262 g/mol. The van der Waals surface area contributed by atoms with Gasteiger partial charge in [-0.1, -0.05) is 26.0 Å². The predicted molar refractivity (Wildman–Crippen MR) is 76.3 cm³/mol. The first-order chi connectivity index (χ1) is 8.77. The average Bonchev–Trinajstić information content (AvgIpc) is 2.26. The van der Waals surface area contributed by atoms with Gasteiger partial charge in [-0.15, -0.1) is 0 Å². The Hall–Kier alpha value is -0.910. The Bertz CT molecular complexity index is 523. The molecular formula is C14H23NO3S. The molecule has 1 rings (SSSR count). The van der Waals surface area contributed by atoms with E-state index >= 15 is 0 Å². The Morgan fingerprint density at radius 1 is 1.26 bits per heavy atom. The summed E-state index contributed by atoms with van der Waals surface area (Å²) in [6.07, 6.45) is 0.790. The number of aliphatic hydroxyl groups excluding tert-OH is 1. The lowest BCUT2D eigenvalue weighted by atomic mass is 10.1. The number of nitrogens with one attached hydrogen (secondary N) is 1. The molecule has 5 heteroatoms. The third kappa shape index (κ3) is 4.30.